The topological polar surface area (TPSA) is 81.7 Å². The van der Waals surface area contributed by atoms with Crippen molar-refractivity contribution < 1.29 is 108 Å². The Labute approximate surface area is 221 Å². The zero-order valence-electron chi connectivity index (χ0n) is 15.6. The van der Waals surface area contributed by atoms with E-state index < -0.39 is 14.4 Å². The van der Waals surface area contributed by atoms with Crippen LogP contribution >= 0.6 is 8.60 Å². The maximum absolute atomic E-state index is 12.1. The molecule has 0 bridgehead atoms. The molecule has 1 aliphatic heterocycles. The molecule has 0 fully saturated rings. The number of likely N-dealkylation sites (N-methyl/N-ethyl adjacent to an activating group) is 1. The molecule has 0 spiro atoms. The predicted octanol–water partition coefficient (Wildman–Crippen LogP) is -8.15. The molecule has 0 radical (unpaired) electrons. The molecular weight excluding hydrogens is 382 g/mol. The van der Waals surface area contributed by atoms with Gasteiger partial charge < -0.3 is 19.4 Å². The summed E-state index contributed by atoms with van der Waals surface area (Å²) < 4.78 is 4.88. The van der Waals surface area contributed by atoms with Gasteiger partial charge in [0.2, 0.25) is 0 Å². The van der Waals surface area contributed by atoms with Crippen molar-refractivity contribution in [3.63, 3.8) is 0 Å². The average molecular weight is 397 g/mol. The average Bonchev–Trinajstić information content (AvgIpc) is 2.53. The molecule has 9 heteroatoms. The second-order valence-electron chi connectivity index (χ2n) is 6.07. The molecule has 0 saturated carbocycles. The van der Waals surface area contributed by atoms with E-state index in [1.54, 1.807) is 6.07 Å². The van der Waals surface area contributed by atoms with E-state index in [0.29, 0.717) is 5.56 Å². The number of rotatable bonds is 2. The number of benzene rings is 2. The molecule has 26 heavy (non-hydrogen) atoms. The largest absolute Gasteiger partial charge is 1.00 e. The van der Waals surface area contributed by atoms with E-state index in [-0.39, 0.29) is 100 Å². The van der Waals surface area contributed by atoms with Crippen LogP contribution in [0.4, 0.5) is 0 Å². The Kier molecular flexibility index (Phi) is 10.2. The fourth-order valence-electron chi connectivity index (χ4n) is 3.82. The Morgan fingerprint density at radius 2 is 1.81 bits per heavy atom. The van der Waals surface area contributed by atoms with Crippen LogP contribution in [-0.4, -0.2) is 18.5 Å². The molecule has 5 nitrogen and oxygen atoms in total. The summed E-state index contributed by atoms with van der Waals surface area (Å²) in [6.45, 7) is 0.992. The predicted molar refractivity (Wildman–Crippen MR) is 81.7 cm³/mol. The van der Waals surface area contributed by atoms with Crippen LogP contribution in [0.25, 0.3) is 11.1 Å². The van der Waals surface area contributed by atoms with Crippen molar-refractivity contribution in [3.8, 4) is 22.6 Å². The first-order chi connectivity index (χ1) is 11.1. The van der Waals surface area contributed by atoms with Gasteiger partial charge in [-0.1, -0.05) is 44.7 Å². The first kappa shape index (κ1) is 25.4. The summed E-state index contributed by atoms with van der Waals surface area (Å²) in [5, 5.41) is 12.1. The van der Waals surface area contributed by atoms with Crippen LogP contribution in [0.15, 0.2) is 30.3 Å². The Morgan fingerprint density at radius 3 is 2.50 bits per heavy atom. The van der Waals surface area contributed by atoms with Gasteiger partial charge in [0.05, 0.1) is 0 Å². The molecule has 1 heterocycles. The summed E-state index contributed by atoms with van der Waals surface area (Å²) in [4.78, 5) is 24.4. The van der Waals surface area contributed by atoms with Gasteiger partial charge in [-0.05, 0) is 42.1 Å². The Bertz CT molecular complexity index is 791. The van der Waals surface area contributed by atoms with E-state index in [9.17, 15) is 14.9 Å². The van der Waals surface area contributed by atoms with Crippen LogP contribution < -0.4 is 108 Å². The molecule has 2 aromatic rings. The fraction of sp³-hybridized carbons (Fsp3) is 0.294. The Morgan fingerprint density at radius 1 is 1.08 bits per heavy atom. The molecule has 0 amide bonds. The van der Waals surface area contributed by atoms with Crippen LogP contribution in [0.5, 0.6) is 11.5 Å². The quantitative estimate of drug-likeness (QED) is 0.372. The summed E-state index contributed by atoms with van der Waals surface area (Å²) in [5.74, 6) is -0.471. The summed E-state index contributed by atoms with van der Waals surface area (Å²) in [6.07, 6.45) is 1.71. The monoisotopic (exact) mass is 397 g/mol. The normalized spacial score (nSPS) is 17.2. The van der Waals surface area contributed by atoms with Gasteiger partial charge in [-0.25, -0.2) is 0 Å². The van der Waals surface area contributed by atoms with Gasteiger partial charge in [0.15, 0.2) is 0 Å². The SMILES string of the molecule is CN1CCc2cccc3c2C1Cc1ccc([O-])c(OP([O-])[O-])c1-3.[Na+].[Na+].[Na+]. The second kappa shape index (κ2) is 10.4. The van der Waals surface area contributed by atoms with E-state index in [1.165, 1.54) is 17.2 Å². The van der Waals surface area contributed by atoms with Crippen LogP contribution in [0.2, 0.25) is 0 Å². The van der Waals surface area contributed by atoms with Crippen molar-refractivity contribution in [2.45, 2.75) is 18.9 Å². The van der Waals surface area contributed by atoms with Crippen molar-refractivity contribution in [1.82, 2.24) is 4.90 Å². The van der Waals surface area contributed by atoms with Crippen LogP contribution in [-0.2, 0) is 12.8 Å². The maximum atomic E-state index is 12.1. The van der Waals surface area contributed by atoms with Gasteiger partial charge in [-0.2, -0.15) is 0 Å². The first-order valence-electron chi connectivity index (χ1n) is 7.54. The summed E-state index contributed by atoms with van der Waals surface area (Å²) >= 11 is 0. The summed E-state index contributed by atoms with van der Waals surface area (Å²) in [6, 6.07) is 9.47. The molecule has 120 valence electrons. The van der Waals surface area contributed by atoms with Crippen molar-refractivity contribution in [2.75, 3.05) is 13.6 Å². The van der Waals surface area contributed by atoms with Gasteiger partial charge in [0.1, 0.15) is 5.75 Å². The first-order valence-corrected chi connectivity index (χ1v) is 8.63. The molecule has 4 rings (SSSR count). The molecule has 2 aliphatic rings. The maximum Gasteiger partial charge on any atom is 1.00 e. The summed E-state index contributed by atoms with van der Waals surface area (Å²) in [5.41, 5.74) is 4.99. The van der Waals surface area contributed by atoms with E-state index >= 15 is 0 Å². The number of hydrogen-bond acceptors (Lipinski definition) is 5. The molecule has 0 saturated heterocycles. The standard InChI is InChI=1S/C17H16NO4P.3Na/c1-18-8-7-10-3-2-4-12-15(10)13(18)9-11-5-6-14(19)17(16(11)12)22-23(20)21;;;/h2-6,13,19H,7-9H2,1H3;;;/q-2;3*+1/p-1. The van der Waals surface area contributed by atoms with Gasteiger partial charge in [-0.15, -0.1) is 0 Å². The third-order valence-electron chi connectivity index (χ3n) is 4.85. The molecule has 1 unspecified atom stereocenters. The molecule has 2 aromatic carbocycles. The zero-order valence-corrected chi connectivity index (χ0v) is 22.5. The molecule has 1 aliphatic carbocycles. The van der Waals surface area contributed by atoms with E-state index in [4.69, 9.17) is 4.52 Å². The minimum Gasteiger partial charge on any atom is -0.870 e. The van der Waals surface area contributed by atoms with E-state index in [1.807, 2.05) is 12.1 Å². The minimum absolute atomic E-state index is 0. The Balaban J connectivity index is 0.00000113. The van der Waals surface area contributed by atoms with Crippen molar-refractivity contribution in [1.29, 1.82) is 0 Å². The Hall–Kier alpha value is 1.35. The van der Waals surface area contributed by atoms with Gasteiger partial charge in [0, 0.05) is 18.2 Å². The van der Waals surface area contributed by atoms with Crippen molar-refractivity contribution in [3.05, 3.63) is 47.0 Å². The molecule has 1 atom stereocenters. The van der Waals surface area contributed by atoms with Crippen LogP contribution in [0.1, 0.15) is 22.7 Å². The van der Waals surface area contributed by atoms with Gasteiger partial charge in [-0.3, -0.25) is 4.90 Å². The number of nitrogens with zero attached hydrogens (tertiary/aromatic N) is 1. The third-order valence-corrected chi connectivity index (χ3v) is 5.18. The third kappa shape index (κ3) is 4.57. The zero-order chi connectivity index (χ0) is 16.1. The van der Waals surface area contributed by atoms with Gasteiger partial charge in [0.25, 0.3) is 0 Å². The summed E-state index contributed by atoms with van der Waals surface area (Å²) in [7, 11) is -1.02. The number of hydrogen-bond donors (Lipinski definition) is 0. The minimum atomic E-state index is -3.13. The molecule has 0 aromatic heterocycles. The van der Waals surface area contributed by atoms with Crippen LogP contribution in [0.3, 0.4) is 0 Å². The second-order valence-corrected chi connectivity index (χ2v) is 6.70. The van der Waals surface area contributed by atoms with E-state index in [2.05, 4.69) is 18.0 Å². The van der Waals surface area contributed by atoms with Gasteiger partial charge >= 0.3 is 88.7 Å². The fourth-order valence-corrected chi connectivity index (χ4v) is 4.15. The van der Waals surface area contributed by atoms with E-state index in [0.717, 1.165) is 30.5 Å². The smallest absolute Gasteiger partial charge is 0.870 e. The number of fused-ring (bicyclic) bond motifs is 2. The van der Waals surface area contributed by atoms with Crippen molar-refractivity contribution in [2.24, 2.45) is 0 Å². The van der Waals surface area contributed by atoms with Crippen molar-refractivity contribution >= 4 is 8.60 Å². The molecular formula is C17H15NNa3O4P. The van der Waals surface area contributed by atoms with Crippen LogP contribution in [0, 0.1) is 0 Å². The molecule has 0 N–H and O–H groups in total.